The van der Waals surface area contributed by atoms with Crippen LogP contribution >= 0.6 is 0 Å². The number of anilines is 2. The molecule has 1 unspecified atom stereocenters. The van der Waals surface area contributed by atoms with E-state index in [2.05, 4.69) is 40.0 Å². The first-order valence-electron chi connectivity index (χ1n) is 9.41. The van der Waals surface area contributed by atoms with Gasteiger partial charge in [0.2, 0.25) is 5.91 Å². The van der Waals surface area contributed by atoms with Crippen LogP contribution in [0, 0.1) is 0 Å². The lowest BCUT2D eigenvalue weighted by molar-refractivity contribution is -0.118. The molecule has 1 amide bonds. The van der Waals surface area contributed by atoms with Gasteiger partial charge in [-0.1, -0.05) is 18.2 Å². The second-order valence-corrected chi connectivity index (χ2v) is 7.16. The van der Waals surface area contributed by atoms with Crippen LogP contribution in [-0.4, -0.2) is 45.7 Å². The van der Waals surface area contributed by atoms with E-state index < -0.39 is 0 Å². The summed E-state index contributed by atoms with van der Waals surface area (Å²) in [7, 11) is 3.63. The number of likely N-dealkylation sites (N-methyl/N-ethyl adjacent to an activating group) is 1. The Bertz CT molecular complexity index is 802. The predicted molar refractivity (Wildman–Crippen MR) is 107 cm³/mol. The maximum Gasteiger partial charge on any atom is 0.249 e. The largest absolute Gasteiger partial charge is 0.497 e. The SMILES string of the molecule is COc1cccc(N(C)C2CCN(c3ccc(C4CNNC4)cc3)C2=O)c1. The molecule has 0 bridgehead atoms. The Morgan fingerprint density at radius 2 is 1.85 bits per heavy atom. The van der Waals surface area contributed by atoms with E-state index in [1.165, 1.54) is 5.56 Å². The maximum atomic E-state index is 13.0. The topological polar surface area (TPSA) is 56.8 Å². The number of rotatable bonds is 5. The summed E-state index contributed by atoms with van der Waals surface area (Å²) in [5, 5.41) is 0. The molecule has 2 aliphatic rings. The van der Waals surface area contributed by atoms with E-state index in [1.807, 2.05) is 36.2 Å². The molecule has 2 aromatic carbocycles. The fraction of sp³-hybridized carbons (Fsp3) is 0.381. The number of hydrogen-bond acceptors (Lipinski definition) is 5. The van der Waals surface area contributed by atoms with Crippen molar-refractivity contribution in [2.75, 3.05) is 43.6 Å². The van der Waals surface area contributed by atoms with E-state index in [0.717, 1.165) is 43.2 Å². The first kappa shape index (κ1) is 17.8. The Hall–Kier alpha value is -2.57. The molecule has 2 heterocycles. The van der Waals surface area contributed by atoms with Crippen molar-refractivity contribution in [1.29, 1.82) is 0 Å². The Labute approximate surface area is 160 Å². The van der Waals surface area contributed by atoms with Crippen LogP contribution in [0.15, 0.2) is 48.5 Å². The van der Waals surface area contributed by atoms with E-state index in [-0.39, 0.29) is 11.9 Å². The van der Waals surface area contributed by atoms with Crippen LogP contribution < -0.4 is 25.4 Å². The molecule has 2 aromatic rings. The molecule has 4 rings (SSSR count). The van der Waals surface area contributed by atoms with Crippen molar-refractivity contribution in [2.24, 2.45) is 0 Å². The minimum Gasteiger partial charge on any atom is -0.497 e. The second-order valence-electron chi connectivity index (χ2n) is 7.16. The van der Waals surface area contributed by atoms with Gasteiger partial charge >= 0.3 is 0 Å². The lowest BCUT2D eigenvalue weighted by atomic mass is 10.00. The monoisotopic (exact) mass is 366 g/mol. The number of hydrogen-bond donors (Lipinski definition) is 2. The quantitative estimate of drug-likeness (QED) is 0.849. The minimum atomic E-state index is -0.153. The maximum absolute atomic E-state index is 13.0. The highest BCUT2D eigenvalue weighted by molar-refractivity contribution is 6.01. The fourth-order valence-electron chi connectivity index (χ4n) is 3.92. The Balaban J connectivity index is 1.47. The summed E-state index contributed by atoms with van der Waals surface area (Å²) in [6.07, 6.45) is 0.810. The number of carbonyl (C=O) groups excluding carboxylic acids is 1. The number of carbonyl (C=O) groups is 1. The van der Waals surface area contributed by atoms with Crippen molar-refractivity contribution < 1.29 is 9.53 Å². The first-order chi connectivity index (χ1) is 13.2. The molecule has 6 nitrogen and oxygen atoms in total. The van der Waals surface area contributed by atoms with Gasteiger partial charge in [-0.2, -0.15) is 0 Å². The zero-order chi connectivity index (χ0) is 18.8. The summed E-state index contributed by atoms with van der Waals surface area (Å²) in [5.74, 6) is 1.44. The van der Waals surface area contributed by atoms with E-state index >= 15 is 0 Å². The van der Waals surface area contributed by atoms with Crippen molar-refractivity contribution in [2.45, 2.75) is 18.4 Å². The Morgan fingerprint density at radius 3 is 2.56 bits per heavy atom. The Kier molecular flexibility index (Phi) is 5.01. The van der Waals surface area contributed by atoms with Crippen molar-refractivity contribution in [3.05, 3.63) is 54.1 Å². The highest BCUT2D eigenvalue weighted by Gasteiger charge is 2.35. The van der Waals surface area contributed by atoms with E-state index in [0.29, 0.717) is 5.92 Å². The van der Waals surface area contributed by atoms with Gasteiger partial charge in [0.25, 0.3) is 0 Å². The van der Waals surface area contributed by atoms with Crippen molar-refractivity contribution >= 4 is 17.3 Å². The van der Waals surface area contributed by atoms with Gasteiger partial charge in [0.05, 0.1) is 7.11 Å². The lowest BCUT2D eigenvalue weighted by Crippen LogP contribution is -2.39. The zero-order valence-corrected chi connectivity index (χ0v) is 15.8. The number of amides is 1. The Morgan fingerprint density at radius 1 is 1.11 bits per heavy atom. The molecule has 27 heavy (non-hydrogen) atoms. The minimum absolute atomic E-state index is 0.150. The van der Waals surface area contributed by atoms with E-state index in [9.17, 15) is 4.79 Å². The van der Waals surface area contributed by atoms with Crippen molar-refractivity contribution in [1.82, 2.24) is 10.9 Å². The van der Waals surface area contributed by atoms with Gasteiger partial charge in [-0.15, -0.1) is 0 Å². The van der Waals surface area contributed by atoms with Crippen LogP contribution in [0.4, 0.5) is 11.4 Å². The third kappa shape index (κ3) is 3.50. The van der Waals surface area contributed by atoms with Gasteiger partial charge in [-0.25, -0.2) is 0 Å². The van der Waals surface area contributed by atoms with Crippen LogP contribution in [0.5, 0.6) is 5.75 Å². The smallest absolute Gasteiger partial charge is 0.249 e. The summed E-state index contributed by atoms with van der Waals surface area (Å²) in [5.41, 5.74) is 9.59. The summed E-state index contributed by atoms with van der Waals surface area (Å²) in [6.45, 7) is 2.62. The standard InChI is InChI=1S/C21H26N4O2/c1-24(18-4-3-5-19(12-18)27-2)20-10-11-25(21(20)26)17-8-6-15(7-9-17)16-13-22-23-14-16/h3-9,12,16,20,22-23H,10-11,13-14H2,1-2H3. The van der Waals surface area contributed by atoms with Crippen LogP contribution in [0.1, 0.15) is 17.9 Å². The van der Waals surface area contributed by atoms with Crippen LogP contribution in [0.3, 0.4) is 0 Å². The fourth-order valence-corrected chi connectivity index (χ4v) is 3.92. The van der Waals surface area contributed by atoms with Gasteiger partial charge < -0.3 is 14.5 Å². The van der Waals surface area contributed by atoms with Gasteiger partial charge in [0, 0.05) is 50.0 Å². The van der Waals surface area contributed by atoms with Gasteiger partial charge in [-0.3, -0.25) is 15.6 Å². The van der Waals surface area contributed by atoms with Crippen molar-refractivity contribution in [3.63, 3.8) is 0 Å². The van der Waals surface area contributed by atoms with E-state index in [1.54, 1.807) is 7.11 Å². The molecule has 0 aromatic heterocycles. The van der Waals surface area contributed by atoms with E-state index in [4.69, 9.17) is 4.74 Å². The van der Waals surface area contributed by atoms with Gasteiger partial charge in [0.1, 0.15) is 11.8 Å². The molecule has 1 atom stereocenters. The predicted octanol–water partition coefficient (Wildman–Crippen LogP) is 2.13. The number of nitrogens with zero attached hydrogens (tertiary/aromatic N) is 2. The summed E-state index contributed by atoms with van der Waals surface area (Å²) < 4.78 is 5.31. The number of ether oxygens (including phenoxy) is 1. The molecule has 2 aliphatic heterocycles. The molecule has 0 aliphatic carbocycles. The molecule has 0 spiro atoms. The lowest BCUT2D eigenvalue weighted by Gasteiger charge is -2.26. The number of methoxy groups -OCH3 is 1. The van der Waals surface area contributed by atoms with Gasteiger partial charge in [-0.05, 0) is 36.2 Å². The normalized spacial score (nSPS) is 20.3. The second kappa shape index (κ2) is 7.58. The molecule has 6 heteroatoms. The molecular formula is C21H26N4O2. The third-order valence-electron chi connectivity index (χ3n) is 5.60. The molecule has 0 radical (unpaired) electrons. The zero-order valence-electron chi connectivity index (χ0n) is 15.8. The molecule has 2 fully saturated rings. The van der Waals surface area contributed by atoms with Crippen LogP contribution in [0.25, 0.3) is 0 Å². The number of nitrogens with one attached hydrogen (secondary N) is 2. The molecule has 2 N–H and O–H groups in total. The molecule has 0 saturated carbocycles. The molecule has 2 saturated heterocycles. The molecule has 142 valence electrons. The summed E-state index contributed by atoms with van der Waals surface area (Å²) in [6, 6.07) is 16.1. The summed E-state index contributed by atoms with van der Waals surface area (Å²) >= 11 is 0. The van der Waals surface area contributed by atoms with Crippen molar-refractivity contribution in [3.8, 4) is 5.75 Å². The number of benzene rings is 2. The average Bonchev–Trinajstić information content (AvgIpc) is 3.38. The number of hydrazine groups is 1. The average molecular weight is 366 g/mol. The first-order valence-corrected chi connectivity index (χ1v) is 9.41. The highest BCUT2D eigenvalue weighted by Crippen LogP contribution is 2.29. The molecular weight excluding hydrogens is 340 g/mol. The van der Waals surface area contributed by atoms with Gasteiger partial charge in [0.15, 0.2) is 0 Å². The highest BCUT2D eigenvalue weighted by atomic mass is 16.5. The van der Waals surface area contributed by atoms with Crippen LogP contribution in [-0.2, 0) is 4.79 Å². The third-order valence-corrected chi connectivity index (χ3v) is 5.60. The summed E-state index contributed by atoms with van der Waals surface area (Å²) in [4.78, 5) is 17.0. The van der Waals surface area contributed by atoms with Crippen LogP contribution in [0.2, 0.25) is 0 Å².